The Hall–Kier alpha value is -2.41. The molecule has 0 radical (unpaired) electrons. The fraction of sp³-hybridized carbons (Fsp3) is 0.105. The molecule has 25 heavy (non-hydrogen) atoms. The summed E-state index contributed by atoms with van der Waals surface area (Å²) < 4.78 is 2.37. The number of primary amides is 1. The number of urea groups is 1. The van der Waals surface area contributed by atoms with Crippen LogP contribution in [0.4, 0.5) is 4.79 Å². The lowest BCUT2D eigenvalue weighted by atomic mass is 9.90. The summed E-state index contributed by atoms with van der Waals surface area (Å²) in [4.78, 5) is 11.4. The third-order valence-electron chi connectivity index (χ3n) is 4.38. The molecule has 0 saturated carbocycles. The second-order valence-electron chi connectivity index (χ2n) is 5.85. The van der Waals surface area contributed by atoms with Crippen LogP contribution in [0.5, 0.6) is 0 Å². The first-order chi connectivity index (χ1) is 12.1. The van der Waals surface area contributed by atoms with Gasteiger partial charge in [-0.15, -0.1) is 22.7 Å². The lowest BCUT2D eigenvalue weighted by Crippen LogP contribution is -2.36. The third-order valence-corrected chi connectivity index (χ3v) is 6.35. The van der Waals surface area contributed by atoms with Crippen LogP contribution in [0.2, 0.25) is 0 Å². The van der Waals surface area contributed by atoms with Gasteiger partial charge in [0.1, 0.15) is 0 Å². The van der Waals surface area contributed by atoms with Crippen molar-refractivity contribution in [2.24, 2.45) is 5.73 Å². The Balaban J connectivity index is 1.88. The van der Waals surface area contributed by atoms with Crippen LogP contribution in [0.1, 0.15) is 17.0 Å². The average molecular weight is 368 g/mol. The van der Waals surface area contributed by atoms with E-state index in [1.165, 1.54) is 9.40 Å². The first-order valence-electron chi connectivity index (χ1n) is 7.83. The van der Waals surface area contributed by atoms with Gasteiger partial charge in [-0.25, -0.2) is 9.86 Å². The minimum absolute atomic E-state index is 0.122. The van der Waals surface area contributed by atoms with Gasteiger partial charge in [-0.3, -0.25) is 5.21 Å². The molecule has 0 aliphatic rings. The van der Waals surface area contributed by atoms with E-state index in [0.29, 0.717) is 5.06 Å². The van der Waals surface area contributed by atoms with Crippen molar-refractivity contribution in [1.82, 2.24) is 5.06 Å². The first-order valence-corrected chi connectivity index (χ1v) is 9.59. The van der Waals surface area contributed by atoms with Crippen molar-refractivity contribution in [3.63, 3.8) is 0 Å². The average Bonchev–Trinajstić information content (AvgIpc) is 3.24. The molecule has 0 atom stereocenters. The molecule has 0 saturated heterocycles. The van der Waals surface area contributed by atoms with Crippen molar-refractivity contribution in [2.75, 3.05) is 6.54 Å². The maximum atomic E-state index is 11.4. The van der Waals surface area contributed by atoms with Gasteiger partial charge in [0.2, 0.25) is 0 Å². The fourth-order valence-electron chi connectivity index (χ4n) is 3.16. The van der Waals surface area contributed by atoms with Crippen molar-refractivity contribution in [2.45, 2.75) is 5.92 Å². The van der Waals surface area contributed by atoms with Crippen LogP contribution < -0.4 is 5.73 Å². The molecule has 4 rings (SSSR count). The number of nitrogens with zero attached hydrogens (tertiary/aromatic N) is 1. The third kappa shape index (κ3) is 2.89. The number of fused-ring (bicyclic) bond motifs is 2. The normalized spacial score (nSPS) is 11.4. The Morgan fingerprint density at radius 3 is 1.92 bits per heavy atom. The zero-order chi connectivity index (χ0) is 17.4. The monoisotopic (exact) mass is 368 g/mol. The maximum Gasteiger partial charge on any atom is 0.338 e. The lowest BCUT2D eigenvalue weighted by molar-refractivity contribution is -0.0413. The number of thiophene rings is 2. The number of benzene rings is 2. The SMILES string of the molecule is NC(=O)N(O)CC(c1csc2ccccc12)c1csc2ccccc12. The van der Waals surface area contributed by atoms with Crippen molar-refractivity contribution >= 4 is 48.9 Å². The van der Waals surface area contributed by atoms with Gasteiger partial charge in [0.15, 0.2) is 0 Å². The summed E-state index contributed by atoms with van der Waals surface area (Å²) >= 11 is 3.33. The van der Waals surface area contributed by atoms with Gasteiger partial charge >= 0.3 is 6.03 Å². The van der Waals surface area contributed by atoms with Gasteiger partial charge in [0.25, 0.3) is 0 Å². The Kier molecular flexibility index (Phi) is 4.17. The summed E-state index contributed by atoms with van der Waals surface area (Å²) in [6.45, 7) is 0.122. The maximum absolute atomic E-state index is 11.4. The standard InChI is InChI=1S/C19H16N2O2S2/c20-19(22)21(23)9-14(15-10-24-17-7-3-1-5-12(15)17)16-11-25-18-8-4-2-6-13(16)18/h1-8,10-11,14,23H,9H2,(H2,20,22). The van der Waals surface area contributed by atoms with Gasteiger partial charge in [-0.1, -0.05) is 36.4 Å². The summed E-state index contributed by atoms with van der Waals surface area (Å²) in [5, 5.41) is 17.1. The van der Waals surface area contributed by atoms with Crippen LogP contribution in [0.3, 0.4) is 0 Å². The number of hydrogen-bond acceptors (Lipinski definition) is 4. The largest absolute Gasteiger partial charge is 0.350 e. The second kappa shape index (κ2) is 6.48. The van der Waals surface area contributed by atoms with Crippen LogP contribution in [-0.4, -0.2) is 22.8 Å². The van der Waals surface area contributed by atoms with E-state index in [2.05, 4.69) is 35.0 Å². The van der Waals surface area contributed by atoms with Crippen LogP contribution in [0, 0.1) is 0 Å². The number of carbonyl (C=O) groups excluding carboxylic acids is 1. The molecule has 0 fully saturated rings. The van der Waals surface area contributed by atoms with Crippen molar-refractivity contribution < 1.29 is 10.0 Å². The van der Waals surface area contributed by atoms with E-state index in [1.54, 1.807) is 22.7 Å². The highest BCUT2D eigenvalue weighted by atomic mass is 32.1. The minimum Gasteiger partial charge on any atom is -0.350 e. The van der Waals surface area contributed by atoms with Crippen molar-refractivity contribution in [3.8, 4) is 0 Å². The van der Waals surface area contributed by atoms with Gasteiger partial charge in [0, 0.05) is 15.3 Å². The van der Waals surface area contributed by atoms with Crippen LogP contribution in [0.15, 0.2) is 59.3 Å². The molecule has 2 aromatic heterocycles. The van der Waals surface area contributed by atoms with Gasteiger partial charge < -0.3 is 5.73 Å². The van der Waals surface area contributed by atoms with Crippen LogP contribution >= 0.6 is 22.7 Å². The molecule has 0 spiro atoms. The summed E-state index contributed by atoms with van der Waals surface area (Å²) in [7, 11) is 0. The summed E-state index contributed by atoms with van der Waals surface area (Å²) in [5.74, 6) is -0.148. The van der Waals surface area contributed by atoms with Gasteiger partial charge in [-0.2, -0.15) is 0 Å². The fourth-order valence-corrected chi connectivity index (χ4v) is 5.19. The van der Waals surface area contributed by atoms with Gasteiger partial charge in [0.05, 0.1) is 6.54 Å². The predicted octanol–water partition coefficient (Wildman–Crippen LogP) is 5.02. The molecule has 0 aliphatic carbocycles. The topological polar surface area (TPSA) is 66.6 Å². The Morgan fingerprint density at radius 2 is 1.44 bits per heavy atom. The van der Waals surface area contributed by atoms with Crippen LogP contribution in [-0.2, 0) is 0 Å². The lowest BCUT2D eigenvalue weighted by Gasteiger charge is -2.21. The Bertz CT molecular complexity index is 980. The molecular weight excluding hydrogens is 352 g/mol. The number of hydrogen-bond donors (Lipinski definition) is 2. The van der Waals surface area contributed by atoms with Crippen LogP contribution in [0.25, 0.3) is 20.2 Å². The molecule has 2 amide bonds. The smallest absolute Gasteiger partial charge is 0.338 e. The summed E-state index contributed by atoms with van der Waals surface area (Å²) in [6, 6.07) is 15.5. The molecule has 6 heteroatoms. The van der Waals surface area contributed by atoms with E-state index in [4.69, 9.17) is 5.73 Å². The number of nitrogens with two attached hydrogens (primary N) is 1. The molecule has 0 bridgehead atoms. The van der Waals surface area contributed by atoms with Crippen molar-refractivity contribution in [1.29, 1.82) is 0 Å². The molecule has 2 aromatic carbocycles. The Labute approximate surface area is 152 Å². The van der Waals surface area contributed by atoms with Crippen molar-refractivity contribution in [3.05, 3.63) is 70.4 Å². The summed E-state index contributed by atoms with van der Waals surface area (Å²) in [5.41, 5.74) is 7.46. The molecule has 0 aliphatic heterocycles. The zero-order valence-electron chi connectivity index (χ0n) is 13.3. The van der Waals surface area contributed by atoms with E-state index in [0.717, 1.165) is 21.9 Å². The second-order valence-corrected chi connectivity index (χ2v) is 7.67. The van der Waals surface area contributed by atoms with Gasteiger partial charge in [-0.05, 0) is 44.8 Å². The molecule has 4 nitrogen and oxygen atoms in total. The first kappa shape index (κ1) is 16.1. The molecule has 4 aromatic rings. The highest BCUT2D eigenvalue weighted by molar-refractivity contribution is 7.17. The van der Waals surface area contributed by atoms with E-state index >= 15 is 0 Å². The highest BCUT2D eigenvalue weighted by Gasteiger charge is 2.24. The van der Waals surface area contributed by atoms with E-state index in [-0.39, 0.29) is 12.5 Å². The highest BCUT2D eigenvalue weighted by Crippen LogP contribution is 2.40. The Morgan fingerprint density at radius 1 is 0.960 bits per heavy atom. The van der Waals surface area contributed by atoms with E-state index in [1.807, 2.05) is 24.3 Å². The molecule has 3 N–H and O–H groups in total. The zero-order valence-corrected chi connectivity index (χ0v) is 14.9. The molecule has 0 unspecified atom stereocenters. The number of rotatable bonds is 4. The number of hydroxylamine groups is 2. The summed E-state index contributed by atoms with van der Waals surface area (Å²) in [6.07, 6.45) is 0. The molecular formula is C19H16N2O2S2. The molecule has 2 heterocycles. The quantitative estimate of drug-likeness (QED) is 0.392. The number of amides is 2. The van der Waals surface area contributed by atoms with E-state index < -0.39 is 6.03 Å². The molecule has 126 valence electrons. The number of carbonyl (C=O) groups is 1. The minimum atomic E-state index is -0.843. The predicted molar refractivity (Wildman–Crippen MR) is 104 cm³/mol. The van der Waals surface area contributed by atoms with E-state index in [9.17, 15) is 10.0 Å².